The number of esters is 1. The molecule has 2 saturated heterocycles. The van der Waals surface area contributed by atoms with Crippen LogP contribution in [-0.2, 0) is 61.3 Å². The number of rotatable bonds is 10. The van der Waals surface area contributed by atoms with Gasteiger partial charge in [0.15, 0.2) is 5.78 Å². The highest BCUT2D eigenvalue weighted by Crippen LogP contribution is 2.48. The number of piperidine rings is 1. The van der Waals surface area contributed by atoms with Crippen molar-refractivity contribution in [3.05, 3.63) is 47.6 Å². The number of methoxy groups -OCH3 is 3. The minimum Gasteiger partial charge on any atom is -0.460 e. The predicted octanol–water partition coefficient (Wildman–Crippen LogP) is 8.06. The monoisotopic (exact) mass is 1020 g/mol. The molecule has 1 amide bonds. The zero-order chi connectivity index (χ0) is 52.8. The van der Waals surface area contributed by atoms with Gasteiger partial charge in [-0.05, 0) is 114 Å². The number of hydrogen-bond acceptors (Lipinski definition) is 15. The molecule has 3 heterocycles. The van der Waals surface area contributed by atoms with Crippen LogP contribution >= 0.6 is 7.60 Å². The Labute approximate surface area is 423 Å². The summed E-state index contributed by atoms with van der Waals surface area (Å²) in [5.41, 5.74) is 1.24. The number of nitrogens with zero attached hydrogens (tertiary/aromatic N) is 1. The van der Waals surface area contributed by atoms with Crippen molar-refractivity contribution < 1.29 is 71.5 Å². The van der Waals surface area contributed by atoms with E-state index in [1.165, 1.54) is 18.7 Å². The number of amides is 1. The fourth-order valence-corrected chi connectivity index (χ4v) is 12.0. The molecule has 3 fully saturated rings. The molecule has 0 aromatic rings. The van der Waals surface area contributed by atoms with Gasteiger partial charge in [0.1, 0.15) is 30.1 Å². The molecule has 4 rings (SSSR count). The second-order valence-corrected chi connectivity index (χ2v) is 22.9. The molecule has 5 unspecified atom stereocenters. The lowest BCUT2D eigenvalue weighted by molar-refractivity contribution is -0.265. The second-order valence-electron chi connectivity index (χ2n) is 20.9. The van der Waals surface area contributed by atoms with Gasteiger partial charge in [0.2, 0.25) is 5.79 Å². The molecular formula is C54H86NO15P. The molecular weight excluding hydrogens is 934 g/mol. The van der Waals surface area contributed by atoms with Gasteiger partial charge >= 0.3 is 13.6 Å². The van der Waals surface area contributed by atoms with Crippen molar-refractivity contribution in [1.29, 1.82) is 0 Å². The van der Waals surface area contributed by atoms with E-state index in [2.05, 4.69) is 0 Å². The van der Waals surface area contributed by atoms with E-state index in [4.69, 9.17) is 32.7 Å². The fraction of sp³-hybridized carbons (Fsp3) is 0.759. The van der Waals surface area contributed by atoms with Crippen LogP contribution in [-0.4, -0.2) is 140 Å². The van der Waals surface area contributed by atoms with Gasteiger partial charge in [0.05, 0.1) is 31.0 Å². The Kier molecular flexibility index (Phi) is 23.7. The van der Waals surface area contributed by atoms with Crippen molar-refractivity contribution in [3.63, 3.8) is 0 Å². The number of cyclic esters (lactones) is 1. The van der Waals surface area contributed by atoms with Gasteiger partial charge in [-0.25, -0.2) is 4.79 Å². The molecule has 402 valence electrons. The average molecular weight is 1020 g/mol. The van der Waals surface area contributed by atoms with Crippen LogP contribution in [0.4, 0.5) is 0 Å². The Morgan fingerprint density at radius 3 is 2.25 bits per heavy atom. The zero-order valence-electron chi connectivity index (χ0n) is 44.5. The van der Waals surface area contributed by atoms with Crippen molar-refractivity contribution in [1.82, 2.24) is 4.90 Å². The first kappa shape index (κ1) is 60.4. The van der Waals surface area contributed by atoms with Crippen LogP contribution in [0.15, 0.2) is 47.6 Å². The van der Waals surface area contributed by atoms with E-state index in [9.17, 15) is 38.8 Å². The van der Waals surface area contributed by atoms with Crippen LogP contribution in [0.5, 0.6) is 0 Å². The van der Waals surface area contributed by atoms with E-state index in [0.717, 1.165) is 5.57 Å². The van der Waals surface area contributed by atoms with Crippen molar-refractivity contribution in [3.8, 4) is 0 Å². The molecule has 0 aromatic heterocycles. The summed E-state index contributed by atoms with van der Waals surface area (Å²) in [6, 6.07) is -1.17. The van der Waals surface area contributed by atoms with Gasteiger partial charge in [-0.2, -0.15) is 0 Å². The molecule has 2 N–H and O–H groups in total. The summed E-state index contributed by atoms with van der Waals surface area (Å²) in [4.78, 5) is 72.4. The quantitative estimate of drug-likeness (QED) is 0.0917. The minimum absolute atomic E-state index is 0.00668. The number of allylic oxidation sites excluding steroid dienone is 6. The minimum atomic E-state index is -3.32. The number of ether oxygens (including phenoxy) is 5. The van der Waals surface area contributed by atoms with Gasteiger partial charge < -0.3 is 47.8 Å². The zero-order valence-corrected chi connectivity index (χ0v) is 45.4. The lowest BCUT2D eigenvalue weighted by Gasteiger charge is -2.42. The van der Waals surface area contributed by atoms with Crippen LogP contribution in [0.1, 0.15) is 132 Å². The lowest BCUT2D eigenvalue weighted by atomic mass is 9.78. The van der Waals surface area contributed by atoms with Gasteiger partial charge in [-0.3, -0.25) is 23.7 Å². The summed E-state index contributed by atoms with van der Waals surface area (Å²) in [6.45, 7) is 16.1. The maximum atomic E-state index is 14.5. The topological polar surface area (TPSA) is 211 Å². The van der Waals surface area contributed by atoms with Crippen LogP contribution in [0.25, 0.3) is 0 Å². The summed E-state index contributed by atoms with van der Waals surface area (Å²) >= 11 is 0. The molecule has 0 spiro atoms. The van der Waals surface area contributed by atoms with Gasteiger partial charge in [-0.15, -0.1) is 0 Å². The predicted molar refractivity (Wildman–Crippen MR) is 269 cm³/mol. The highest BCUT2D eigenvalue weighted by atomic mass is 31.2. The molecule has 16 atom stereocenters. The SMILES string of the molecule is CCOP(C)(=O)O[C@@H]1CCC(C[C@@H](C)C2CC(=O)[C@H](C)/C=C(\C)[C@@H](O)[C@@H](OC)C(=O)[C@H](C)C[C@H](C)/C=C/C=C/C=C(\C)[C@@H](OC)C[C@@H]3CC[C@@H](C)C(O)(O3)C(=O)C(=O)N3CCCCC3C(=O)O2)C[C@H]1OC. The van der Waals surface area contributed by atoms with Crippen molar-refractivity contribution in [2.24, 2.45) is 35.5 Å². The maximum Gasteiger partial charge on any atom is 0.329 e. The number of carbonyl (C=O) groups excluding carboxylic acids is 5. The number of aliphatic hydroxyl groups excluding tert-OH is 1. The average Bonchev–Trinajstić information content (AvgIpc) is 3.33. The third-order valence-corrected chi connectivity index (χ3v) is 16.5. The van der Waals surface area contributed by atoms with Gasteiger partial charge in [0.25, 0.3) is 11.7 Å². The van der Waals surface area contributed by atoms with Crippen molar-refractivity contribution in [2.45, 2.75) is 187 Å². The molecule has 16 nitrogen and oxygen atoms in total. The molecule has 2 bridgehead atoms. The fourth-order valence-electron chi connectivity index (χ4n) is 10.7. The number of ketones is 3. The first-order chi connectivity index (χ1) is 33.5. The third-order valence-electron chi connectivity index (χ3n) is 15.1. The normalized spacial score (nSPS) is 38.9. The van der Waals surface area contributed by atoms with E-state index < -0.39 is 97.6 Å². The molecule has 4 aliphatic rings. The summed E-state index contributed by atoms with van der Waals surface area (Å²) < 4.78 is 54.0. The number of carbonyl (C=O) groups is 5. The Hall–Kier alpha value is -3.18. The lowest BCUT2D eigenvalue weighted by Crippen LogP contribution is -2.61. The van der Waals surface area contributed by atoms with Crippen LogP contribution in [0, 0.1) is 35.5 Å². The maximum absolute atomic E-state index is 14.5. The summed E-state index contributed by atoms with van der Waals surface area (Å²) in [6.07, 6.45) is 10.8. The molecule has 0 radical (unpaired) electrons. The van der Waals surface area contributed by atoms with Crippen molar-refractivity contribution in [2.75, 3.05) is 41.1 Å². The Morgan fingerprint density at radius 1 is 0.873 bits per heavy atom. The Morgan fingerprint density at radius 2 is 1.59 bits per heavy atom. The Bertz CT molecular complexity index is 1980. The first-order valence-corrected chi connectivity index (χ1v) is 27.9. The highest BCUT2D eigenvalue weighted by molar-refractivity contribution is 7.53. The molecule has 17 heteroatoms. The van der Waals surface area contributed by atoms with Crippen LogP contribution in [0.3, 0.4) is 0 Å². The third kappa shape index (κ3) is 16.7. The highest BCUT2D eigenvalue weighted by Gasteiger charge is 2.53. The number of fused-ring (bicyclic) bond motifs is 3. The molecule has 1 saturated carbocycles. The van der Waals surface area contributed by atoms with E-state index >= 15 is 0 Å². The number of aliphatic hydroxyl groups is 2. The van der Waals surface area contributed by atoms with Crippen LogP contribution < -0.4 is 0 Å². The first-order valence-electron chi connectivity index (χ1n) is 25.9. The van der Waals surface area contributed by atoms with Gasteiger partial charge in [-0.1, -0.05) is 71.1 Å². The standard InChI is InChI=1S/C54H86NO15P/c1-13-67-71(12,63)70-44-25-23-40(30-47(44)65-10)29-36(5)46-32-43(56)35(4)28-38(7)49(58)50(66-11)48(57)37(6)27-33(2)19-15-14-16-20-34(3)45(64-9)31-41-24-22-39(8)54(62,69-41)51(59)52(60)55-26-18-17-21-42(55)53(61)68-46/h14-16,19-20,28,33,35-37,39-42,44-47,49-50,58,62H,13,17-18,21-27,29-32H2,1-12H3/b16-14+,19-15+,34-20+,38-28+/t33-,35-,36-,37-,39-,40?,41+,42?,44-,45+,46?,47-,49-,50+,54?,71?/m1/s1. The van der Waals surface area contributed by atoms with E-state index in [-0.39, 0.29) is 55.3 Å². The second kappa shape index (κ2) is 27.9. The summed E-state index contributed by atoms with van der Waals surface area (Å²) in [5.74, 6) is -8.26. The number of hydrogen-bond donors (Lipinski definition) is 2. The molecule has 1 aliphatic carbocycles. The number of Topliss-reactive ketones (excluding diaryl/α,β-unsaturated/α-hetero) is 3. The summed E-state index contributed by atoms with van der Waals surface area (Å²) in [5, 5.41) is 23.5. The largest absolute Gasteiger partial charge is 0.460 e. The smallest absolute Gasteiger partial charge is 0.329 e. The van der Waals surface area contributed by atoms with E-state index in [0.29, 0.717) is 69.8 Å². The van der Waals surface area contributed by atoms with Gasteiger partial charge in [0, 0.05) is 65.1 Å². The van der Waals surface area contributed by atoms with E-state index in [1.54, 1.807) is 48.0 Å². The van der Waals surface area contributed by atoms with Crippen molar-refractivity contribution >= 4 is 36.8 Å². The van der Waals surface area contributed by atoms with Crippen LogP contribution in [0.2, 0.25) is 0 Å². The molecule has 0 aromatic carbocycles. The van der Waals surface area contributed by atoms with E-state index in [1.807, 2.05) is 58.1 Å². The molecule has 3 aliphatic heterocycles. The molecule has 71 heavy (non-hydrogen) atoms. The Balaban J connectivity index is 1.70. The summed E-state index contributed by atoms with van der Waals surface area (Å²) in [7, 11) is 1.20.